The predicted molar refractivity (Wildman–Crippen MR) is 57.0 cm³/mol. The fraction of sp³-hybridized carbons (Fsp3) is 0.500. The van der Waals surface area contributed by atoms with Crippen LogP contribution in [0.2, 0.25) is 0 Å². The lowest BCUT2D eigenvalue weighted by Crippen LogP contribution is -2.41. The molecule has 7 heteroatoms. The van der Waals surface area contributed by atoms with Gasteiger partial charge in [-0.2, -0.15) is 0 Å². The second-order valence-electron chi connectivity index (χ2n) is 3.03. The van der Waals surface area contributed by atoms with Crippen LogP contribution >= 0.6 is 0 Å². The van der Waals surface area contributed by atoms with Gasteiger partial charge in [-0.05, 0) is 0 Å². The third-order valence-electron chi connectivity index (χ3n) is 2.17. The van der Waals surface area contributed by atoms with Gasteiger partial charge in [0.25, 0.3) is 5.56 Å². The van der Waals surface area contributed by atoms with Gasteiger partial charge in [-0.1, -0.05) is 0 Å². The molecule has 84 valence electrons. The van der Waals surface area contributed by atoms with E-state index in [-0.39, 0.29) is 24.7 Å². The number of nitrogens with zero attached hydrogens (tertiary/aromatic N) is 2. The highest BCUT2D eigenvalue weighted by Crippen LogP contribution is 2.07. The van der Waals surface area contributed by atoms with E-state index in [1.54, 1.807) is 7.05 Å². The van der Waals surface area contributed by atoms with Crippen molar-refractivity contribution in [2.45, 2.75) is 6.54 Å². The predicted octanol–water partition coefficient (Wildman–Crippen LogP) is -1.84. The summed E-state index contributed by atoms with van der Waals surface area (Å²) in [4.78, 5) is 23.3. The molecule has 15 heavy (non-hydrogen) atoms. The fourth-order valence-corrected chi connectivity index (χ4v) is 1.32. The summed E-state index contributed by atoms with van der Waals surface area (Å²) in [6, 6.07) is 0. The second kappa shape index (κ2) is 4.18. The maximum atomic E-state index is 11.7. The highest BCUT2D eigenvalue weighted by molar-refractivity contribution is 5.59. The lowest BCUT2D eigenvalue weighted by Gasteiger charge is -2.12. The summed E-state index contributed by atoms with van der Waals surface area (Å²) in [7, 11) is 3.01. The summed E-state index contributed by atoms with van der Waals surface area (Å²) >= 11 is 0. The van der Waals surface area contributed by atoms with Crippen molar-refractivity contribution in [3.8, 4) is 0 Å². The number of nitrogens with one attached hydrogen (secondary N) is 1. The largest absolute Gasteiger partial charge is 0.395 e. The Balaban J connectivity index is 3.61. The van der Waals surface area contributed by atoms with E-state index < -0.39 is 11.2 Å². The smallest absolute Gasteiger partial charge is 0.332 e. The van der Waals surface area contributed by atoms with Crippen LogP contribution in [0.3, 0.4) is 0 Å². The van der Waals surface area contributed by atoms with Gasteiger partial charge in [0, 0.05) is 14.1 Å². The minimum absolute atomic E-state index is 0.0412. The zero-order valence-corrected chi connectivity index (χ0v) is 8.65. The molecule has 0 radical (unpaired) electrons. The number of aliphatic hydroxyl groups is 1. The maximum Gasteiger partial charge on any atom is 0.332 e. The lowest BCUT2D eigenvalue weighted by molar-refractivity contribution is 0.270. The number of aromatic nitrogens is 2. The lowest BCUT2D eigenvalue weighted by atomic mass is 10.4. The van der Waals surface area contributed by atoms with Gasteiger partial charge in [0.05, 0.1) is 13.2 Å². The molecule has 4 N–H and O–H groups in total. The standard InChI is InChI=1S/C8H14N4O3/c1-10-5-6(9)11(2)8(15)12(3-4-13)7(5)14/h10,13H,3-4,9H2,1-2H3. The average Bonchev–Trinajstić information content (AvgIpc) is 2.22. The molecule has 0 aromatic carbocycles. The fourth-order valence-electron chi connectivity index (χ4n) is 1.32. The summed E-state index contributed by atoms with van der Waals surface area (Å²) in [6.07, 6.45) is 0. The first-order valence-electron chi connectivity index (χ1n) is 4.42. The monoisotopic (exact) mass is 214 g/mol. The van der Waals surface area contributed by atoms with Crippen LogP contribution in [0, 0.1) is 0 Å². The van der Waals surface area contributed by atoms with Crippen LogP contribution in [0.1, 0.15) is 0 Å². The Hall–Kier alpha value is -1.76. The Morgan fingerprint density at radius 1 is 1.47 bits per heavy atom. The van der Waals surface area contributed by atoms with Crippen molar-refractivity contribution in [1.82, 2.24) is 9.13 Å². The van der Waals surface area contributed by atoms with Crippen molar-refractivity contribution >= 4 is 11.5 Å². The van der Waals surface area contributed by atoms with E-state index in [0.29, 0.717) is 0 Å². The highest BCUT2D eigenvalue weighted by atomic mass is 16.3. The number of nitrogens with two attached hydrogens (primary N) is 1. The van der Waals surface area contributed by atoms with Crippen LogP contribution in [0.5, 0.6) is 0 Å². The molecule has 0 spiro atoms. The molecule has 0 amide bonds. The summed E-state index contributed by atoms with van der Waals surface area (Å²) in [5.41, 5.74) is 4.68. The topological polar surface area (TPSA) is 102 Å². The first-order valence-corrected chi connectivity index (χ1v) is 4.42. The average molecular weight is 214 g/mol. The van der Waals surface area contributed by atoms with Crippen LogP contribution in [-0.4, -0.2) is 27.9 Å². The molecule has 1 rings (SSSR count). The Kier molecular flexibility index (Phi) is 3.15. The van der Waals surface area contributed by atoms with Gasteiger partial charge in [-0.15, -0.1) is 0 Å². The number of hydrogen-bond acceptors (Lipinski definition) is 5. The van der Waals surface area contributed by atoms with Gasteiger partial charge >= 0.3 is 5.69 Å². The molecular formula is C8H14N4O3. The molecule has 0 aliphatic carbocycles. The van der Waals surface area contributed by atoms with Gasteiger partial charge in [-0.25, -0.2) is 4.79 Å². The van der Waals surface area contributed by atoms with Crippen LogP contribution in [0.4, 0.5) is 11.5 Å². The number of nitrogen functional groups attached to an aromatic ring is 1. The van der Waals surface area contributed by atoms with E-state index in [1.807, 2.05) is 0 Å². The molecule has 0 aliphatic rings. The zero-order valence-electron chi connectivity index (χ0n) is 8.65. The number of hydrogen-bond donors (Lipinski definition) is 3. The molecule has 1 aromatic rings. The summed E-state index contributed by atoms with van der Waals surface area (Å²) in [5, 5.41) is 11.4. The van der Waals surface area contributed by atoms with Crippen molar-refractivity contribution < 1.29 is 5.11 Å². The second-order valence-corrected chi connectivity index (χ2v) is 3.03. The van der Waals surface area contributed by atoms with Gasteiger partial charge in [0.1, 0.15) is 11.5 Å². The van der Waals surface area contributed by atoms with E-state index in [2.05, 4.69) is 5.32 Å². The van der Waals surface area contributed by atoms with Crippen LogP contribution in [0.15, 0.2) is 9.59 Å². The van der Waals surface area contributed by atoms with Gasteiger partial charge in [0.2, 0.25) is 0 Å². The van der Waals surface area contributed by atoms with E-state index in [4.69, 9.17) is 10.8 Å². The molecule has 7 nitrogen and oxygen atoms in total. The zero-order chi connectivity index (χ0) is 11.6. The Morgan fingerprint density at radius 3 is 2.53 bits per heavy atom. The number of anilines is 2. The molecule has 1 aromatic heterocycles. The minimum Gasteiger partial charge on any atom is -0.395 e. The summed E-state index contributed by atoms with van der Waals surface area (Å²) < 4.78 is 2.09. The van der Waals surface area contributed by atoms with Gasteiger partial charge < -0.3 is 16.2 Å². The maximum absolute atomic E-state index is 11.7. The van der Waals surface area contributed by atoms with Crippen molar-refractivity contribution in [3.63, 3.8) is 0 Å². The van der Waals surface area contributed by atoms with Crippen molar-refractivity contribution in [2.75, 3.05) is 24.7 Å². The first kappa shape index (κ1) is 11.3. The van der Waals surface area contributed by atoms with Crippen molar-refractivity contribution in [2.24, 2.45) is 7.05 Å². The van der Waals surface area contributed by atoms with Crippen LogP contribution < -0.4 is 22.3 Å². The molecule has 0 atom stereocenters. The van der Waals surface area contributed by atoms with Crippen molar-refractivity contribution in [1.29, 1.82) is 0 Å². The van der Waals surface area contributed by atoms with Crippen molar-refractivity contribution in [3.05, 3.63) is 20.8 Å². The summed E-state index contributed by atoms with van der Waals surface area (Å²) in [5.74, 6) is 0.0849. The summed E-state index contributed by atoms with van der Waals surface area (Å²) in [6.45, 7) is -0.317. The molecule has 0 unspecified atom stereocenters. The van der Waals surface area contributed by atoms with Gasteiger partial charge in [-0.3, -0.25) is 13.9 Å². The van der Waals surface area contributed by atoms with E-state index in [1.165, 1.54) is 7.05 Å². The SMILES string of the molecule is CNc1c(N)n(C)c(=O)n(CCO)c1=O. The van der Waals surface area contributed by atoms with Crippen LogP contribution in [0.25, 0.3) is 0 Å². The third-order valence-corrected chi connectivity index (χ3v) is 2.17. The Morgan fingerprint density at radius 2 is 2.07 bits per heavy atom. The highest BCUT2D eigenvalue weighted by Gasteiger charge is 2.13. The minimum atomic E-state index is -0.537. The number of aliphatic hydroxyl groups excluding tert-OH is 1. The first-order chi connectivity index (χ1) is 7.04. The van der Waals surface area contributed by atoms with E-state index >= 15 is 0 Å². The Labute approximate surface area is 85.8 Å². The quantitative estimate of drug-likeness (QED) is 0.549. The third kappa shape index (κ3) is 1.73. The molecule has 1 heterocycles. The molecular weight excluding hydrogens is 200 g/mol. The van der Waals surface area contributed by atoms with Gasteiger partial charge in [0.15, 0.2) is 0 Å². The van der Waals surface area contributed by atoms with E-state index in [9.17, 15) is 9.59 Å². The van der Waals surface area contributed by atoms with Crippen LogP contribution in [-0.2, 0) is 13.6 Å². The van der Waals surface area contributed by atoms with E-state index in [0.717, 1.165) is 9.13 Å². The normalized spacial score (nSPS) is 10.3. The molecule has 0 saturated heterocycles. The molecule has 0 bridgehead atoms. The molecule has 0 fully saturated rings. The molecule has 0 saturated carbocycles. The molecule has 0 aliphatic heterocycles. The Bertz CT molecular complexity index is 474. The number of rotatable bonds is 3.